The van der Waals surface area contributed by atoms with Gasteiger partial charge in [0.05, 0.1) is 0 Å². The maximum atomic E-state index is 0. The minimum atomic E-state index is 0. The van der Waals surface area contributed by atoms with E-state index in [0.717, 1.165) is 0 Å². The van der Waals surface area contributed by atoms with E-state index in [1.165, 1.54) is 0 Å². The van der Waals surface area contributed by atoms with E-state index in [1.54, 1.807) is 0 Å². The molecule has 0 rings (SSSR count). The van der Waals surface area contributed by atoms with Crippen LogP contribution < -0.4 is 0 Å². The third-order valence-corrected chi connectivity index (χ3v) is 0. The maximum absolute atomic E-state index is 0. The molecule has 0 aliphatic carbocycles. The van der Waals surface area contributed by atoms with Gasteiger partial charge in [-0.25, -0.2) is 0 Å². The summed E-state index contributed by atoms with van der Waals surface area (Å²) in [6.45, 7) is 0. The first-order valence-electron chi connectivity index (χ1n) is 0. The van der Waals surface area contributed by atoms with E-state index in [9.17, 15) is 0 Å². The van der Waals surface area contributed by atoms with Crippen molar-refractivity contribution in [3.05, 3.63) is 0 Å². The molecule has 0 aromatic heterocycles. The van der Waals surface area contributed by atoms with Gasteiger partial charge in [0.2, 0.25) is 0 Å². The Labute approximate surface area is 91.1 Å². The van der Waals surface area contributed by atoms with Gasteiger partial charge >= 0.3 is 53.5 Å². The molecule has 0 bridgehead atoms. The van der Waals surface area contributed by atoms with Crippen molar-refractivity contribution in [3.63, 3.8) is 0 Å². The molecule has 4 heteroatoms. The van der Waals surface area contributed by atoms with E-state index in [4.69, 9.17) is 0 Å². The average Bonchev–Trinajstić information content (AvgIpc) is 0. The van der Waals surface area contributed by atoms with E-state index < -0.39 is 0 Å². The molecule has 0 fully saturated rings. The predicted octanol–water partition coefficient (Wildman–Crippen LogP) is -2.11. The fourth-order valence-corrected chi connectivity index (χ4v) is 0. The van der Waals surface area contributed by atoms with Gasteiger partial charge in [-0.05, 0) is 0 Å². The van der Waals surface area contributed by atoms with E-state index in [2.05, 4.69) is 0 Å². The molecule has 0 unspecified atom stereocenters. The minimum absolute atomic E-state index is 0. The molecule has 0 aliphatic rings. The topological polar surface area (TPSA) is 0 Å². The molecular weight excluding hydrogens is 588 g/mol. The molecule has 0 saturated heterocycles. The van der Waals surface area contributed by atoms with Crippen LogP contribution in [0.1, 0.15) is 0 Å². The Kier molecular flexibility index (Phi) is 115. The normalized spacial score (nSPS) is 0. The molecule has 0 atom stereocenters. The first-order chi connectivity index (χ1) is 0. The van der Waals surface area contributed by atoms with Gasteiger partial charge in [-0.2, -0.15) is 0 Å². The molecule has 0 heterocycles. The van der Waals surface area contributed by atoms with Gasteiger partial charge in [0.1, 0.15) is 0 Å². The number of hydrogen-bond donors (Lipinski definition) is 0. The van der Waals surface area contributed by atoms with Crippen molar-refractivity contribution in [3.8, 4) is 0 Å². The summed E-state index contributed by atoms with van der Waals surface area (Å²) in [5, 5.41) is 0. The fourth-order valence-electron chi connectivity index (χ4n) is 0. The van der Waals surface area contributed by atoms with Crippen molar-refractivity contribution in [2.24, 2.45) is 0 Å². The molecule has 0 spiro atoms. The summed E-state index contributed by atoms with van der Waals surface area (Å²) in [5.74, 6) is 0. The zero-order valence-electron chi connectivity index (χ0n) is 2.02. The first-order valence-corrected chi connectivity index (χ1v) is 0. The zero-order chi connectivity index (χ0) is 0. The quantitative estimate of drug-likeness (QED) is 0.283. The van der Waals surface area contributed by atoms with Gasteiger partial charge in [-0.3, -0.25) is 0 Å². The molecule has 0 aromatic carbocycles. The Balaban J connectivity index is 0. The summed E-state index contributed by atoms with van der Waals surface area (Å²) >= 11 is 0. The Morgan fingerprint density at radius 2 is 1.00 bits per heavy atom. The summed E-state index contributed by atoms with van der Waals surface area (Å²) in [6.07, 6.45) is 0. The van der Waals surface area contributed by atoms with Gasteiger partial charge in [-0.15, -0.1) is 0 Å². The van der Waals surface area contributed by atoms with Crippen LogP contribution in [0.5, 0.6) is 0 Å². The molecule has 4 heavy (non-hydrogen) atoms. The SMILES string of the molecule is [Ag].[BiH3].[Cu].[PbH2]. The van der Waals surface area contributed by atoms with Crippen molar-refractivity contribution in [2.45, 2.75) is 0 Å². The molecule has 0 amide bonds. The van der Waals surface area contributed by atoms with Crippen LogP contribution in [0.3, 0.4) is 0 Å². The number of rotatable bonds is 0. The summed E-state index contributed by atoms with van der Waals surface area (Å²) in [7, 11) is 0. The van der Waals surface area contributed by atoms with Gasteiger partial charge in [0.15, 0.2) is 0 Å². The second-order valence-electron chi connectivity index (χ2n) is 0. The Bertz CT molecular complexity index is 8.00. The van der Waals surface area contributed by atoms with E-state index >= 15 is 0 Å². The Morgan fingerprint density at radius 1 is 1.00 bits per heavy atom. The van der Waals surface area contributed by atoms with Crippen LogP contribution in [-0.2, 0) is 39.4 Å². The number of hydrogen-bond acceptors (Lipinski definition) is 0. The third-order valence-electron chi connectivity index (χ3n) is 0. The molecule has 0 saturated carbocycles. The van der Waals surface area contributed by atoms with Crippen molar-refractivity contribution in [2.75, 3.05) is 0 Å². The fraction of sp³-hybridized carbons (Fsp3) is 0. The second-order valence-corrected chi connectivity index (χ2v) is 0. The monoisotopic (exact) mass is 592 g/mol. The van der Waals surface area contributed by atoms with Crippen molar-refractivity contribution in [1.82, 2.24) is 0 Å². The predicted molar refractivity (Wildman–Crippen MR) is 18.5 cm³/mol. The second kappa shape index (κ2) is 16.6. The Hall–Kier alpha value is 3.06. The summed E-state index contributed by atoms with van der Waals surface area (Å²) in [6, 6.07) is 0. The van der Waals surface area contributed by atoms with Crippen LogP contribution in [0.4, 0.5) is 0 Å². The average molecular weight is 593 g/mol. The molecule has 0 N–H and O–H groups in total. The van der Waals surface area contributed by atoms with Crippen LogP contribution in [-0.4, -0.2) is 53.5 Å². The standard InChI is InChI=1S/Ag.Bi.Cu.Pb.5H. The first kappa shape index (κ1) is 27.7. The molecular formula is H5AgBiCuPb. The summed E-state index contributed by atoms with van der Waals surface area (Å²) in [5.41, 5.74) is 0. The summed E-state index contributed by atoms with van der Waals surface area (Å²) < 4.78 is 0. The zero-order valence-corrected chi connectivity index (χ0v) is 15.4. The molecule has 0 aliphatic heterocycles. The molecule has 0 nitrogen and oxygen atoms in total. The van der Waals surface area contributed by atoms with Gasteiger partial charge in [-0.1, -0.05) is 0 Å². The summed E-state index contributed by atoms with van der Waals surface area (Å²) in [4.78, 5) is 0. The van der Waals surface area contributed by atoms with Crippen LogP contribution in [0.15, 0.2) is 0 Å². The van der Waals surface area contributed by atoms with Gasteiger partial charge in [0, 0.05) is 39.4 Å². The van der Waals surface area contributed by atoms with E-state index in [1.807, 2.05) is 0 Å². The van der Waals surface area contributed by atoms with Crippen molar-refractivity contribution >= 4 is 53.5 Å². The third kappa shape index (κ3) is 8.91. The van der Waals surface area contributed by atoms with E-state index in [0.29, 0.717) is 0 Å². The van der Waals surface area contributed by atoms with Crippen LogP contribution in [0.25, 0.3) is 0 Å². The van der Waals surface area contributed by atoms with Crippen LogP contribution in [0.2, 0.25) is 0 Å². The van der Waals surface area contributed by atoms with E-state index in [-0.39, 0.29) is 93.0 Å². The van der Waals surface area contributed by atoms with Gasteiger partial charge in [0.25, 0.3) is 0 Å². The van der Waals surface area contributed by atoms with Crippen molar-refractivity contribution < 1.29 is 39.4 Å². The van der Waals surface area contributed by atoms with Gasteiger partial charge < -0.3 is 0 Å². The van der Waals surface area contributed by atoms with Crippen LogP contribution >= 0.6 is 0 Å². The van der Waals surface area contributed by atoms with Crippen LogP contribution in [0, 0.1) is 0 Å². The molecule has 36 valence electrons. The Morgan fingerprint density at radius 3 is 1.00 bits per heavy atom. The van der Waals surface area contributed by atoms with Crippen molar-refractivity contribution in [1.29, 1.82) is 0 Å². The molecule has 0 aromatic rings. The molecule has 4 radical (unpaired) electrons.